The van der Waals surface area contributed by atoms with Gasteiger partial charge in [-0.2, -0.15) is 0 Å². The van der Waals surface area contributed by atoms with E-state index in [1.54, 1.807) is 4.90 Å². The van der Waals surface area contributed by atoms with Crippen molar-refractivity contribution in [2.75, 3.05) is 13.1 Å². The SMILES string of the molecule is O=C(NCCNC1CC2CCC(C1)N2C(=O)O)c1cccs1. The standard InChI is InChI=1S/C15H21N3O3S/c19-14(13-2-1-7-22-13)17-6-5-16-10-8-11-3-4-12(9-10)18(11)15(20)21/h1-2,7,10-12,16H,3-6,8-9H2,(H,17,19)(H,20,21). The summed E-state index contributed by atoms with van der Waals surface area (Å²) in [6.07, 6.45) is 2.92. The zero-order valence-corrected chi connectivity index (χ0v) is 13.1. The summed E-state index contributed by atoms with van der Waals surface area (Å²) in [5.41, 5.74) is 0. The van der Waals surface area contributed by atoms with Crippen LogP contribution in [0, 0.1) is 0 Å². The quantitative estimate of drug-likeness (QED) is 0.721. The van der Waals surface area contributed by atoms with E-state index in [1.165, 1.54) is 11.3 Å². The summed E-state index contributed by atoms with van der Waals surface area (Å²) in [5.74, 6) is -0.0300. The first kappa shape index (κ1) is 15.3. The molecule has 2 aliphatic heterocycles. The van der Waals surface area contributed by atoms with E-state index in [0.717, 1.165) is 30.6 Å². The van der Waals surface area contributed by atoms with Gasteiger partial charge in [-0.25, -0.2) is 4.79 Å². The highest BCUT2D eigenvalue weighted by molar-refractivity contribution is 7.12. The van der Waals surface area contributed by atoms with Crippen LogP contribution in [0.1, 0.15) is 35.4 Å². The number of carboxylic acid groups (broad SMARTS) is 1. The van der Waals surface area contributed by atoms with Crippen LogP contribution >= 0.6 is 11.3 Å². The third-order valence-electron chi connectivity index (χ3n) is 4.54. The number of thiophene rings is 1. The average molecular weight is 323 g/mol. The Labute approximate surface area is 133 Å². The Morgan fingerprint density at radius 3 is 2.59 bits per heavy atom. The molecular weight excluding hydrogens is 302 g/mol. The van der Waals surface area contributed by atoms with Gasteiger partial charge in [-0.3, -0.25) is 4.79 Å². The van der Waals surface area contributed by atoms with E-state index < -0.39 is 6.09 Å². The molecule has 3 rings (SSSR count). The van der Waals surface area contributed by atoms with Gasteiger partial charge in [-0.05, 0) is 37.1 Å². The highest BCUT2D eigenvalue weighted by Gasteiger charge is 2.43. The van der Waals surface area contributed by atoms with Crippen LogP contribution < -0.4 is 10.6 Å². The Morgan fingerprint density at radius 1 is 1.27 bits per heavy atom. The van der Waals surface area contributed by atoms with Gasteiger partial charge in [0.1, 0.15) is 0 Å². The molecule has 2 bridgehead atoms. The maximum atomic E-state index is 11.8. The maximum absolute atomic E-state index is 11.8. The Bertz CT molecular complexity index is 520. The zero-order chi connectivity index (χ0) is 15.5. The first-order valence-corrected chi connectivity index (χ1v) is 8.59. The lowest BCUT2D eigenvalue weighted by Crippen LogP contribution is -2.51. The predicted octanol–water partition coefficient (Wildman–Crippen LogP) is 1.74. The van der Waals surface area contributed by atoms with Crippen LogP contribution in [0.4, 0.5) is 4.79 Å². The molecule has 0 radical (unpaired) electrons. The number of nitrogens with one attached hydrogen (secondary N) is 2. The fourth-order valence-electron chi connectivity index (χ4n) is 3.60. The summed E-state index contributed by atoms with van der Waals surface area (Å²) < 4.78 is 0. The number of carbonyl (C=O) groups excluding carboxylic acids is 1. The molecule has 3 N–H and O–H groups in total. The van der Waals surface area contributed by atoms with Gasteiger partial charge < -0.3 is 20.6 Å². The van der Waals surface area contributed by atoms with E-state index in [1.807, 2.05) is 17.5 Å². The van der Waals surface area contributed by atoms with E-state index >= 15 is 0 Å². The van der Waals surface area contributed by atoms with Crippen molar-refractivity contribution < 1.29 is 14.7 Å². The normalized spacial score (nSPS) is 26.9. The summed E-state index contributed by atoms with van der Waals surface area (Å²) in [6, 6.07) is 4.35. The molecule has 2 fully saturated rings. The summed E-state index contributed by atoms with van der Waals surface area (Å²) in [6.45, 7) is 1.31. The topological polar surface area (TPSA) is 81.7 Å². The van der Waals surface area contributed by atoms with Crippen LogP contribution in [0.15, 0.2) is 17.5 Å². The van der Waals surface area contributed by atoms with Crippen molar-refractivity contribution in [3.8, 4) is 0 Å². The molecule has 0 aliphatic carbocycles. The maximum Gasteiger partial charge on any atom is 0.407 e. The lowest BCUT2D eigenvalue weighted by Gasteiger charge is -2.37. The molecule has 120 valence electrons. The molecule has 2 aliphatic rings. The molecule has 2 unspecified atom stereocenters. The van der Waals surface area contributed by atoms with Crippen molar-refractivity contribution in [1.29, 1.82) is 0 Å². The Hall–Kier alpha value is -1.60. The number of hydrogen-bond donors (Lipinski definition) is 3. The number of fused-ring (bicyclic) bond motifs is 2. The molecule has 0 saturated carbocycles. The lowest BCUT2D eigenvalue weighted by atomic mass is 9.98. The van der Waals surface area contributed by atoms with Crippen LogP contribution in [0.2, 0.25) is 0 Å². The van der Waals surface area contributed by atoms with Crippen molar-refractivity contribution in [1.82, 2.24) is 15.5 Å². The third-order valence-corrected chi connectivity index (χ3v) is 5.41. The lowest BCUT2D eigenvalue weighted by molar-refractivity contribution is 0.0906. The molecule has 6 nitrogen and oxygen atoms in total. The highest BCUT2D eigenvalue weighted by atomic mass is 32.1. The number of carbonyl (C=O) groups is 2. The van der Waals surface area contributed by atoms with Gasteiger partial charge in [-0.15, -0.1) is 11.3 Å². The highest BCUT2D eigenvalue weighted by Crippen LogP contribution is 2.35. The predicted molar refractivity (Wildman–Crippen MR) is 84.4 cm³/mol. The monoisotopic (exact) mass is 323 g/mol. The first-order valence-electron chi connectivity index (χ1n) is 7.71. The van der Waals surface area contributed by atoms with Crippen molar-refractivity contribution >= 4 is 23.3 Å². The van der Waals surface area contributed by atoms with E-state index in [0.29, 0.717) is 19.1 Å². The summed E-state index contributed by atoms with van der Waals surface area (Å²) in [5, 5.41) is 17.5. The number of nitrogens with zero attached hydrogens (tertiary/aromatic N) is 1. The van der Waals surface area contributed by atoms with Gasteiger partial charge in [0.15, 0.2) is 0 Å². The van der Waals surface area contributed by atoms with Crippen LogP contribution in [0.5, 0.6) is 0 Å². The van der Waals surface area contributed by atoms with E-state index in [4.69, 9.17) is 0 Å². The number of hydrogen-bond acceptors (Lipinski definition) is 4. The second kappa shape index (κ2) is 6.66. The second-order valence-corrected chi connectivity index (χ2v) is 6.88. The molecule has 2 atom stereocenters. The van der Waals surface area contributed by atoms with Crippen molar-refractivity contribution in [3.05, 3.63) is 22.4 Å². The molecule has 2 amide bonds. The number of piperidine rings is 1. The Morgan fingerprint density at radius 2 is 2.00 bits per heavy atom. The third kappa shape index (κ3) is 3.25. The molecule has 22 heavy (non-hydrogen) atoms. The minimum Gasteiger partial charge on any atom is -0.465 e. The summed E-state index contributed by atoms with van der Waals surface area (Å²) in [4.78, 5) is 25.4. The van der Waals surface area contributed by atoms with Crippen LogP contribution in [-0.4, -0.2) is 53.2 Å². The van der Waals surface area contributed by atoms with Crippen LogP contribution in [0.3, 0.4) is 0 Å². The summed E-state index contributed by atoms with van der Waals surface area (Å²) >= 11 is 1.44. The minimum atomic E-state index is -0.783. The fraction of sp³-hybridized carbons (Fsp3) is 0.600. The van der Waals surface area contributed by atoms with Gasteiger partial charge in [0.25, 0.3) is 5.91 Å². The number of amides is 2. The molecular formula is C15H21N3O3S. The molecule has 1 aromatic heterocycles. The van der Waals surface area contributed by atoms with E-state index in [-0.39, 0.29) is 18.0 Å². The largest absolute Gasteiger partial charge is 0.465 e. The zero-order valence-electron chi connectivity index (χ0n) is 12.3. The smallest absolute Gasteiger partial charge is 0.407 e. The average Bonchev–Trinajstić information content (AvgIpc) is 3.10. The molecule has 7 heteroatoms. The van der Waals surface area contributed by atoms with E-state index in [9.17, 15) is 14.7 Å². The van der Waals surface area contributed by atoms with Gasteiger partial charge >= 0.3 is 6.09 Å². The molecule has 0 aromatic carbocycles. The van der Waals surface area contributed by atoms with Gasteiger partial charge in [0, 0.05) is 31.2 Å². The summed E-state index contributed by atoms with van der Waals surface area (Å²) in [7, 11) is 0. The molecule has 2 saturated heterocycles. The Kier molecular flexibility index (Phi) is 4.63. The fourth-order valence-corrected chi connectivity index (χ4v) is 4.24. The molecule has 0 spiro atoms. The van der Waals surface area contributed by atoms with Crippen LogP contribution in [-0.2, 0) is 0 Å². The Balaban J connectivity index is 1.39. The first-order chi connectivity index (χ1) is 10.6. The van der Waals surface area contributed by atoms with E-state index in [2.05, 4.69) is 10.6 Å². The van der Waals surface area contributed by atoms with Crippen molar-refractivity contribution in [2.45, 2.75) is 43.8 Å². The van der Waals surface area contributed by atoms with Gasteiger partial charge in [0.05, 0.1) is 4.88 Å². The second-order valence-electron chi connectivity index (χ2n) is 5.93. The van der Waals surface area contributed by atoms with Crippen molar-refractivity contribution in [2.24, 2.45) is 0 Å². The van der Waals surface area contributed by atoms with Gasteiger partial charge in [-0.1, -0.05) is 6.07 Å². The van der Waals surface area contributed by atoms with Crippen LogP contribution in [0.25, 0.3) is 0 Å². The molecule has 3 heterocycles. The molecule has 1 aromatic rings. The van der Waals surface area contributed by atoms with Gasteiger partial charge in [0.2, 0.25) is 0 Å². The van der Waals surface area contributed by atoms with Crippen molar-refractivity contribution in [3.63, 3.8) is 0 Å². The number of rotatable bonds is 5. The minimum absolute atomic E-state index is 0.0300.